The summed E-state index contributed by atoms with van der Waals surface area (Å²) in [4.78, 5) is 11.5. The van der Waals surface area contributed by atoms with Crippen LogP contribution in [0.5, 0.6) is 0 Å². The van der Waals surface area contributed by atoms with Gasteiger partial charge in [0.15, 0.2) is 0 Å². The Kier molecular flexibility index (Phi) is 4.87. The van der Waals surface area contributed by atoms with E-state index in [1.807, 2.05) is 0 Å². The quantitative estimate of drug-likeness (QED) is 0.818. The van der Waals surface area contributed by atoms with Crippen LogP contribution in [-0.4, -0.2) is 18.5 Å². The first-order chi connectivity index (χ1) is 10.3. The summed E-state index contributed by atoms with van der Waals surface area (Å²) in [5.41, 5.74) is -0.477. The second kappa shape index (κ2) is 6.50. The van der Waals surface area contributed by atoms with Crippen molar-refractivity contribution in [3.05, 3.63) is 35.4 Å². The molecule has 1 saturated carbocycles. The summed E-state index contributed by atoms with van der Waals surface area (Å²) in [5.74, 6) is -0.686. The molecular weight excluding hydrogens is 307 g/mol. The molecule has 2 rings (SSSR count). The normalized spacial score (nSPS) is 21.4. The first kappa shape index (κ1) is 16.5. The van der Waals surface area contributed by atoms with Gasteiger partial charge in [0, 0.05) is 18.5 Å². The molecule has 1 aromatic carbocycles. The highest BCUT2D eigenvalue weighted by Gasteiger charge is 2.36. The van der Waals surface area contributed by atoms with Crippen LogP contribution < -0.4 is 10.6 Å². The lowest BCUT2D eigenvalue weighted by Gasteiger charge is -2.35. The first-order valence-corrected chi connectivity index (χ1v) is 6.74. The van der Waals surface area contributed by atoms with E-state index in [1.165, 1.54) is 12.1 Å². The summed E-state index contributed by atoms with van der Waals surface area (Å²) < 4.78 is 62.1. The van der Waals surface area contributed by atoms with Crippen molar-refractivity contribution in [2.75, 3.05) is 0 Å². The summed E-state index contributed by atoms with van der Waals surface area (Å²) in [7, 11) is 0. The van der Waals surface area contributed by atoms with Crippen molar-refractivity contribution in [1.29, 1.82) is 0 Å². The Morgan fingerprint density at radius 3 is 2.55 bits per heavy atom. The molecule has 1 aliphatic carbocycles. The first-order valence-electron chi connectivity index (χ1n) is 6.74. The lowest BCUT2D eigenvalue weighted by atomic mass is 9.81. The van der Waals surface area contributed by atoms with Gasteiger partial charge in [0.1, 0.15) is 0 Å². The largest absolute Gasteiger partial charge is 0.416 e. The molecule has 0 unspecified atom stereocenters. The zero-order valence-corrected chi connectivity index (χ0v) is 11.5. The highest BCUT2D eigenvalue weighted by molar-refractivity contribution is 5.74. The number of carbonyl (C=O) groups is 1. The molecule has 122 valence electrons. The zero-order valence-electron chi connectivity index (χ0n) is 11.5. The SMILES string of the molecule is O=C(NCc1cccc(C(F)(F)F)c1)NC1CC(C(F)F)C1. The van der Waals surface area contributed by atoms with Gasteiger partial charge in [-0.15, -0.1) is 0 Å². The minimum absolute atomic E-state index is 0.0687. The van der Waals surface area contributed by atoms with Crippen LogP contribution >= 0.6 is 0 Å². The summed E-state index contributed by atoms with van der Waals surface area (Å²) in [6.07, 6.45) is -6.39. The zero-order chi connectivity index (χ0) is 16.3. The number of urea groups is 1. The molecule has 0 heterocycles. The molecule has 0 aromatic heterocycles. The molecular formula is C14H15F5N2O. The van der Waals surface area contributed by atoms with E-state index in [4.69, 9.17) is 0 Å². The molecule has 22 heavy (non-hydrogen) atoms. The number of carbonyl (C=O) groups excluding carboxylic acids is 1. The van der Waals surface area contributed by atoms with Gasteiger partial charge in [-0.05, 0) is 30.5 Å². The van der Waals surface area contributed by atoms with Crippen LogP contribution in [0.25, 0.3) is 0 Å². The third kappa shape index (κ3) is 4.32. The highest BCUT2D eigenvalue weighted by atomic mass is 19.4. The molecule has 0 saturated heterocycles. The number of hydrogen-bond donors (Lipinski definition) is 2. The maximum absolute atomic E-state index is 12.5. The lowest BCUT2D eigenvalue weighted by Crippen LogP contribution is -2.49. The van der Waals surface area contributed by atoms with Crippen molar-refractivity contribution < 1.29 is 26.7 Å². The van der Waals surface area contributed by atoms with Crippen molar-refractivity contribution in [3.8, 4) is 0 Å². The summed E-state index contributed by atoms with van der Waals surface area (Å²) >= 11 is 0. The number of amides is 2. The average Bonchev–Trinajstić information content (AvgIpc) is 2.39. The topological polar surface area (TPSA) is 41.1 Å². The molecule has 0 bridgehead atoms. The van der Waals surface area contributed by atoms with Gasteiger partial charge in [-0.3, -0.25) is 0 Å². The summed E-state index contributed by atoms with van der Waals surface area (Å²) in [6.45, 7) is -0.0687. The Morgan fingerprint density at radius 1 is 1.27 bits per heavy atom. The number of alkyl halides is 5. The predicted octanol–water partition coefficient (Wildman–Crippen LogP) is 3.55. The molecule has 0 spiro atoms. The summed E-state index contributed by atoms with van der Waals surface area (Å²) in [6, 6.07) is 3.75. The molecule has 2 amide bonds. The van der Waals surface area contributed by atoms with E-state index in [-0.39, 0.29) is 25.4 Å². The number of hydrogen-bond acceptors (Lipinski definition) is 1. The molecule has 0 aliphatic heterocycles. The Balaban J connectivity index is 1.77. The number of nitrogens with one attached hydrogen (secondary N) is 2. The van der Waals surface area contributed by atoms with Gasteiger partial charge in [-0.2, -0.15) is 13.2 Å². The maximum atomic E-state index is 12.5. The standard InChI is InChI=1S/C14H15F5N2O/c15-12(16)9-5-11(6-9)21-13(22)20-7-8-2-1-3-10(4-8)14(17,18)19/h1-4,9,11-12H,5-7H2,(H2,20,21,22). The van der Waals surface area contributed by atoms with Crippen molar-refractivity contribution in [1.82, 2.24) is 10.6 Å². The second-order valence-electron chi connectivity index (χ2n) is 5.29. The Morgan fingerprint density at radius 2 is 1.95 bits per heavy atom. The van der Waals surface area contributed by atoms with Crippen molar-refractivity contribution >= 4 is 6.03 Å². The van der Waals surface area contributed by atoms with Crippen LogP contribution in [0.1, 0.15) is 24.0 Å². The van der Waals surface area contributed by atoms with E-state index < -0.39 is 30.1 Å². The van der Waals surface area contributed by atoms with Crippen molar-refractivity contribution in [2.45, 2.75) is 38.0 Å². The van der Waals surface area contributed by atoms with Crippen LogP contribution in [-0.2, 0) is 12.7 Å². The van der Waals surface area contributed by atoms with Crippen LogP contribution in [0.15, 0.2) is 24.3 Å². The molecule has 3 nitrogen and oxygen atoms in total. The van der Waals surface area contributed by atoms with Crippen LogP contribution in [0, 0.1) is 5.92 Å². The number of benzene rings is 1. The smallest absolute Gasteiger partial charge is 0.335 e. The fourth-order valence-electron chi connectivity index (χ4n) is 2.26. The van der Waals surface area contributed by atoms with Crippen LogP contribution in [0.4, 0.5) is 26.7 Å². The van der Waals surface area contributed by atoms with E-state index in [1.54, 1.807) is 0 Å². The highest BCUT2D eigenvalue weighted by Crippen LogP contribution is 2.32. The lowest BCUT2D eigenvalue weighted by molar-refractivity contribution is -0.137. The predicted molar refractivity (Wildman–Crippen MR) is 69.3 cm³/mol. The molecule has 1 aliphatic rings. The van der Waals surface area contributed by atoms with E-state index in [0.717, 1.165) is 12.1 Å². The molecule has 1 fully saturated rings. The third-order valence-corrected chi connectivity index (χ3v) is 3.57. The van der Waals surface area contributed by atoms with Gasteiger partial charge in [0.05, 0.1) is 5.56 Å². The Labute approximate surface area is 123 Å². The van der Waals surface area contributed by atoms with Gasteiger partial charge in [-0.25, -0.2) is 13.6 Å². The van der Waals surface area contributed by atoms with Gasteiger partial charge in [0.25, 0.3) is 0 Å². The van der Waals surface area contributed by atoms with Gasteiger partial charge >= 0.3 is 12.2 Å². The molecule has 8 heteroatoms. The second-order valence-corrected chi connectivity index (χ2v) is 5.29. The van der Waals surface area contributed by atoms with Gasteiger partial charge in [-0.1, -0.05) is 12.1 Å². The van der Waals surface area contributed by atoms with E-state index in [9.17, 15) is 26.7 Å². The monoisotopic (exact) mass is 322 g/mol. The number of rotatable bonds is 4. The maximum Gasteiger partial charge on any atom is 0.416 e. The molecule has 0 atom stereocenters. The van der Waals surface area contributed by atoms with Crippen LogP contribution in [0.2, 0.25) is 0 Å². The molecule has 0 radical (unpaired) electrons. The van der Waals surface area contributed by atoms with E-state index >= 15 is 0 Å². The molecule has 1 aromatic rings. The fraction of sp³-hybridized carbons (Fsp3) is 0.500. The van der Waals surface area contributed by atoms with Crippen molar-refractivity contribution in [3.63, 3.8) is 0 Å². The van der Waals surface area contributed by atoms with E-state index in [2.05, 4.69) is 10.6 Å². The van der Waals surface area contributed by atoms with Gasteiger partial charge < -0.3 is 10.6 Å². The Bertz CT molecular complexity index is 526. The average molecular weight is 322 g/mol. The Hall–Kier alpha value is -1.86. The molecule has 2 N–H and O–H groups in total. The van der Waals surface area contributed by atoms with E-state index in [0.29, 0.717) is 5.56 Å². The minimum atomic E-state index is -4.44. The fourth-order valence-corrected chi connectivity index (χ4v) is 2.26. The number of halogens is 5. The van der Waals surface area contributed by atoms with Crippen LogP contribution in [0.3, 0.4) is 0 Å². The van der Waals surface area contributed by atoms with Gasteiger partial charge in [0.2, 0.25) is 6.43 Å². The minimum Gasteiger partial charge on any atom is -0.335 e. The summed E-state index contributed by atoms with van der Waals surface area (Å²) in [5, 5.41) is 4.93. The van der Waals surface area contributed by atoms with Crippen molar-refractivity contribution in [2.24, 2.45) is 5.92 Å². The third-order valence-electron chi connectivity index (χ3n) is 3.57.